The van der Waals surface area contributed by atoms with Crippen LogP contribution < -0.4 is 5.32 Å². The van der Waals surface area contributed by atoms with Gasteiger partial charge in [-0.15, -0.1) is 11.3 Å². The van der Waals surface area contributed by atoms with Crippen molar-refractivity contribution in [3.05, 3.63) is 59.1 Å². The molecule has 0 atom stereocenters. The van der Waals surface area contributed by atoms with E-state index in [4.69, 9.17) is 0 Å². The molecule has 164 valence electrons. The minimum atomic E-state index is -3.41. The molecule has 1 amide bonds. The largest absolute Gasteiger partial charge is 0.356 e. The zero-order valence-electron chi connectivity index (χ0n) is 17.4. The van der Waals surface area contributed by atoms with Crippen molar-refractivity contribution in [3.63, 3.8) is 0 Å². The monoisotopic (exact) mass is 457 g/mol. The standard InChI is InChI=1S/C23H27N3O3S2/c27-22(24-15-14-23-25-20-6-2-3-7-21(20)30-23)13-10-18-8-11-19(12-9-18)31(28,29)26-16-4-1-5-17-26/h2-3,6-9,11-12H,1,4-5,10,13-17H2,(H,24,27). The Kier molecular flexibility index (Phi) is 6.99. The van der Waals surface area contributed by atoms with Crippen LogP contribution in [0.15, 0.2) is 53.4 Å². The highest BCUT2D eigenvalue weighted by Crippen LogP contribution is 2.22. The molecule has 1 fully saturated rings. The van der Waals surface area contributed by atoms with Gasteiger partial charge in [0, 0.05) is 32.5 Å². The third kappa shape index (κ3) is 5.50. The molecule has 1 saturated heterocycles. The lowest BCUT2D eigenvalue weighted by Gasteiger charge is -2.25. The van der Waals surface area contributed by atoms with Crippen molar-refractivity contribution in [2.75, 3.05) is 19.6 Å². The van der Waals surface area contributed by atoms with E-state index < -0.39 is 10.0 Å². The summed E-state index contributed by atoms with van der Waals surface area (Å²) in [5.74, 6) is -0.00822. The number of thiazole rings is 1. The van der Waals surface area contributed by atoms with Crippen LogP contribution in [0.2, 0.25) is 0 Å². The molecule has 0 aliphatic carbocycles. The number of sulfonamides is 1. The summed E-state index contributed by atoms with van der Waals surface area (Å²) in [6.45, 7) is 1.76. The summed E-state index contributed by atoms with van der Waals surface area (Å²) in [7, 11) is -3.41. The fourth-order valence-electron chi connectivity index (χ4n) is 3.76. The first-order valence-corrected chi connectivity index (χ1v) is 13.0. The van der Waals surface area contributed by atoms with Crippen LogP contribution in [0.5, 0.6) is 0 Å². The lowest BCUT2D eigenvalue weighted by atomic mass is 10.1. The van der Waals surface area contributed by atoms with Crippen molar-refractivity contribution in [1.29, 1.82) is 0 Å². The van der Waals surface area contributed by atoms with E-state index in [1.807, 2.05) is 30.3 Å². The molecule has 4 rings (SSSR count). The van der Waals surface area contributed by atoms with Crippen LogP contribution in [0, 0.1) is 0 Å². The maximum atomic E-state index is 12.7. The third-order valence-corrected chi connectivity index (χ3v) is 8.53. The van der Waals surface area contributed by atoms with Gasteiger partial charge in [0.2, 0.25) is 15.9 Å². The lowest BCUT2D eigenvalue weighted by Crippen LogP contribution is -2.35. The number of piperidine rings is 1. The van der Waals surface area contributed by atoms with Gasteiger partial charge >= 0.3 is 0 Å². The van der Waals surface area contributed by atoms with E-state index >= 15 is 0 Å². The van der Waals surface area contributed by atoms with E-state index in [0.717, 1.165) is 40.1 Å². The van der Waals surface area contributed by atoms with Crippen molar-refractivity contribution in [1.82, 2.24) is 14.6 Å². The van der Waals surface area contributed by atoms with Crippen LogP contribution in [0.1, 0.15) is 36.3 Å². The quantitative estimate of drug-likeness (QED) is 0.559. The van der Waals surface area contributed by atoms with Gasteiger partial charge in [0.25, 0.3) is 0 Å². The number of para-hydroxylation sites is 1. The van der Waals surface area contributed by atoms with Gasteiger partial charge in [-0.25, -0.2) is 13.4 Å². The number of rotatable bonds is 8. The van der Waals surface area contributed by atoms with E-state index in [2.05, 4.69) is 16.4 Å². The molecule has 6 nitrogen and oxygen atoms in total. The Balaban J connectivity index is 1.23. The Bertz CT molecular complexity index is 1100. The van der Waals surface area contributed by atoms with Gasteiger partial charge < -0.3 is 5.32 Å². The van der Waals surface area contributed by atoms with E-state index in [1.54, 1.807) is 27.8 Å². The number of aryl methyl sites for hydroxylation is 1. The Labute approximate surface area is 187 Å². The molecular formula is C23H27N3O3S2. The Morgan fingerprint density at radius 2 is 1.74 bits per heavy atom. The number of nitrogens with zero attached hydrogens (tertiary/aromatic N) is 2. The predicted molar refractivity (Wildman–Crippen MR) is 124 cm³/mol. The van der Waals surface area contributed by atoms with E-state index in [1.165, 1.54) is 0 Å². The highest BCUT2D eigenvalue weighted by molar-refractivity contribution is 7.89. The SMILES string of the molecule is O=C(CCc1ccc(S(=O)(=O)N2CCCCC2)cc1)NCCc1nc2ccccc2s1. The summed E-state index contributed by atoms with van der Waals surface area (Å²) in [5.41, 5.74) is 1.96. The molecule has 1 N–H and O–H groups in total. The lowest BCUT2D eigenvalue weighted by molar-refractivity contribution is -0.121. The molecule has 0 radical (unpaired) electrons. The number of carbonyl (C=O) groups excluding carboxylic acids is 1. The molecule has 31 heavy (non-hydrogen) atoms. The van der Waals surface area contributed by atoms with Gasteiger partial charge in [0.05, 0.1) is 20.1 Å². The number of nitrogens with one attached hydrogen (secondary N) is 1. The van der Waals surface area contributed by atoms with Crippen molar-refractivity contribution in [3.8, 4) is 0 Å². The van der Waals surface area contributed by atoms with Crippen LogP contribution in [0.4, 0.5) is 0 Å². The topological polar surface area (TPSA) is 79.4 Å². The molecule has 8 heteroatoms. The van der Waals surface area contributed by atoms with Crippen molar-refractivity contribution < 1.29 is 13.2 Å². The van der Waals surface area contributed by atoms with Gasteiger partial charge in [-0.05, 0) is 49.1 Å². The highest BCUT2D eigenvalue weighted by atomic mass is 32.2. The fourth-order valence-corrected chi connectivity index (χ4v) is 6.25. The molecule has 1 aliphatic heterocycles. The average Bonchev–Trinajstić information content (AvgIpc) is 3.21. The molecule has 0 unspecified atom stereocenters. The van der Waals surface area contributed by atoms with Gasteiger partial charge in [-0.1, -0.05) is 30.7 Å². The van der Waals surface area contributed by atoms with E-state index in [0.29, 0.717) is 43.8 Å². The number of amides is 1. The van der Waals surface area contributed by atoms with Gasteiger partial charge in [-0.3, -0.25) is 4.79 Å². The summed E-state index contributed by atoms with van der Waals surface area (Å²) >= 11 is 1.66. The molecular weight excluding hydrogens is 430 g/mol. The maximum Gasteiger partial charge on any atom is 0.243 e. The number of carbonyl (C=O) groups is 1. The summed E-state index contributed by atoms with van der Waals surface area (Å²) < 4.78 is 28.2. The first-order chi connectivity index (χ1) is 15.0. The second kappa shape index (κ2) is 9.89. The zero-order chi connectivity index (χ0) is 21.7. The van der Waals surface area contributed by atoms with Crippen LogP contribution in [0.25, 0.3) is 10.2 Å². The van der Waals surface area contributed by atoms with Crippen LogP contribution in [-0.4, -0.2) is 43.2 Å². The minimum Gasteiger partial charge on any atom is -0.356 e. The van der Waals surface area contributed by atoms with Crippen LogP contribution in [-0.2, 0) is 27.7 Å². The predicted octanol–water partition coefficient (Wildman–Crippen LogP) is 3.76. The number of benzene rings is 2. The second-order valence-electron chi connectivity index (χ2n) is 7.78. The molecule has 2 aromatic carbocycles. The highest BCUT2D eigenvalue weighted by Gasteiger charge is 2.25. The Morgan fingerprint density at radius 3 is 2.48 bits per heavy atom. The molecule has 3 aromatic rings. The summed E-state index contributed by atoms with van der Waals surface area (Å²) in [6.07, 6.45) is 4.60. The number of aromatic nitrogens is 1. The number of hydrogen-bond acceptors (Lipinski definition) is 5. The molecule has 0 saturated carbocycles. The smallest absolute Gasteiger partial charge is 0.243 e. The van der Waals surface area contributed by atoms with Gasteiger partial charge in [0.1, 0.15) is 0 Å². The number of hydrogen-bond donors (Lipinski definition) is 1. The third-order valence-electron chi connectivity index (χ3n) is 5.52. The first kappa shape index (κ1) is 21.9. The summed E-state index contributed by atoms with van der Waals surface area (Å²) in [5, 5.41) is 3.97. The first-order valence-electron chi connectivity index (χ1n) is 10.7. The van der Waals surface area contributed by atoms with Crippen LogP contribution >= 0.6 is 11.3 Å². The maximum absolute atomic E-state index is 12.7. The number of fused-ring (bicyclic) bond motifs is 1. The van der Waals surface area contributed by atoms with Crippen LogP contribution in [0.3, 0.4) is 0 Å². The molecule has 0 bridgehead atoms. The second-order valence-corrected chi connectivity index (χ2v) is 10.8. The zero-order valence-corrected chi connectivity index (χ0v) is 19.1. The van der Waals surface area contributed by atoms with Crippen molar-refractivity contribution >= 4 is 37.5 Å². The van der Waals surface area contributed by atoms with E-state index in [9.17, 15) is 13.2 Å². The minimum absolute atomic E-state index is 0.00822. The Morgan fingerprint density at radius 1 is 1.00 bits per heavy atom. The van der Waals surface area contributed by atoms with Crippen molar-refractivity contribution in [2.45, 2.75) is 43.4 Å². The van der Waals surface area contributed by atoms with Gasteiger partial charge in [-0.2, -0.15) is 4.31 Å². The fraction of sp³-hybridized carbons (Fsp3) is 0.391. The molecule has 1 aromatic heterocycles. The molecule has 0 spiro atoms. The van der Waals surface area contributed by atoms with Crippen molar-refractivity contribution in [2.24, 2.45) is 0 Å². The summed E-state index contributed by atoms with van der Waals surface area (Å²) in [4.78, 5) is 17.1. The van der Waals surface area contributed by atoms with Gasteiger partial charge in [0.15, 0.2) is 0 Å². The average molecular weight is 458 g/mol. The molecule has 1 aliphatic rings. The van der Waals surface area contributed by atoms with E-state index in [-0.39, 0.29) is 5.91 Å². The molecule has 2 heterocycles. The Hall–Kier alpha value is -2.29. The summed E-state index contributed by atoms with van der Waals surface area (Å²) in [6, 6.07) is 15.0. The normalized spacial score (nSPS) is 15.2.